The van der Waals surface area contributed by atoms with Crippen LogP contribution >= 0.6 is 0 Å². The predicted octanol–water partition coefficient (Wildman–Crippen LogP) is 2.71. The highest BCUT2D eigenvalue weighted by atomic mass is 16.5. The van der Waals surface area contributed by atoms with Crippen LogP contribution in [0.2, 0.25) is 0 Å². The molecule has 4 rings (SSSR count). The number of ether oxygens (including phenoxy) is 1. The number of aromatic nitrogens is 1. The van der Waals surface area contributed by atoms with Gasteiger partial charge in [-0.2, -0.15) is 0 Å². The fourth-order valence-corrected chi connectivity index (χ4v) is 3.09. The minimum Gasteiger partial charge on any atom is -0.448 e. The van der Waals surface area contributed by atoms with Gasteiger partial charge in [0.1, 0.15) is 5.69 Å². The highest BCUT2D eigenvalue weighted by Crippen LogP contribution is 2.26. The number of carbonyl (C=O) groups is 2. The van der Waals surface area contributed by atoms with Crippen LogP contribution in [-0.2, 0) is 9.53 Å². The van der Waals surface area contributed by atoms with Crippen molar-refractivity contribution < 1.29 is 14.3 Å². The second-order valence-corrected chi connectivity index (χ2v) is 5.87. The molecule has 116 valence electrons. The Kier molecular flexibility index (Phi) is 3.08. The van der Waals surface area contributed by atoms with Crippen LogP contribution in [0.1, 0.15) is 16.9 Å². The molecule has 1 aliphatic rings. The van der Waals surface area contributed by atoms with Gasteiger partial charge < -0.3 is 14.6 Å². The Morgan fingerprint density at radius 2 is 2.04 bits per heavy atom. The quantitative estimate of drug-likeness (QED) is 0.740. The molecule has 1 aromatic heterocycles. The van der Waals surface area contributed by atoms with Crippen molar-refractivity contribution in [2.75, 3.05) is 13.6 Å². The van der Waals surface area contributed by atoms with E-state index < -0.39 is 12.1 Å². The number of esters is 1. The third kappa shape index (κ3) is 2.25. The summed E-state index contributed by atoms with van der Waals surface area (Å²) in [5.41, 5.74) is 1.25. The Balaban J connectivity index is 1.68. The van der Waals surface area contributed by atoms with Gasteiger partial charge in [-0.3, -0.25) is 4.79 Å². The lowest BCUT2D eigenvalue weighted by Crippen LogP contribution is -2.29. The number of nitrogens with one attached hydrogen (secondary N) is 1. The monoisotopic (exact) mass is 308 g/mol. The third-order valence-electron chi connectivity index (χ3n) is 4.38. The minimum absolute atomic E-state index is 0.139. The second kappa shape index (κ2) is 5.12. The van der Waals surface area contributed by atoms with Crippen molar-refractivity contribution >= 4 is 33.6 Å². The van der Waals surface area contributed by atoms with Crippen LogP contribution in [0, 0.1) is 0 Å². The van der Waals surface area contributed by atoms with Crippen LogP contribution in [0.3, 0.4) is 0 Å². The predicted molar refractivity (Wildman–Crippen MR) is 87.3 cm³/mol. The number of H-pyrrole nitrogens is 1. The summed E-state index contributed by atoms with van der Waals surface area (Å²) in [6.45, 7) is 0.619. The zero-order valence-electron chi connectivity index (χ0n) is 12.7. The summed E-state index contributed by atoms with van der Waals surface area (Å²) >= 11 is 0. The van der Waals surface area contributed by atoms with Gasteiger partial charge in [-0.1, -0.05) is 30.3 Å². The second-order valence-electron chi connectivity index (χ2n) is 5.87. The maximum atomic E-state index is 12.3. The highest BCUT2D eigenvalue weighted by Gasteiger charge is 2.32. The molecule has 1 amide bonds. The van der Waals surface area contributed by atoms with Gasteiger partial charge in [0.05, 0.1) is 0 Å². The van der Waals surface area contributed by atoms with Crippen LogP contribution < -0.4 is 0 Å². The number of likely N-dealkylation sites (tertiary alicyclic amines) is 1. The average Bonchev–Trinajstić information content (AvgIpc) is 3.14. The normalized spacial score (nSPS) is 18.0. The number of hydrogen-bond donors (Lipinski definition) is 1. The molecule has 1 saturated heterocycles. The van der Waals surface area contributed by atoms with Crippen LogP contribution in [0.15, 0.2) is 42.5 Å². The fourth-order valence-electron chi connectivity index (χ4n) is 3.09. The van der Waals surface area contributed by atoms with Crippen molar-refractivity contribution in [2.45, 2.75) is 12.5 Å². The van der Waals surface area contributed by atoms with Gasteiger partial charge in [-0.15, -0.1) is 0 Å². The Hall–Kier alpha value is -2.82. The molecular weight excluding hydrogens is 292 g/mol. The molecule has 0 bridgehead atoms. The summed E-state index contributed by atoms with van der Waals surface area (Å²) in [4.78, 5) is 28.9. The maximum absolute atomic E-state index is 12.3. The SMILES string of the molecule is CN1CCC(OC(=O)c2cc3c(ccc4ccccc43)[nH]2)C1=O. The number of aromatic amines is 1. The molecule has 1 aliphatic heterocycles. The Labute approximate surface area is 132 Å². The molecule has 0 aliphatic carbocycles. The number of nitrogens with zero attached hydrogens (tertiary/aromatic N) is 1. The van der Waals surface area contributed by atoms with Crippen LogP contribution in [0.4, 0.5) is 0 Å². The van der Waals surface area contributed by atoms with E-state index in [1.807, 2.05) is 36.4 Å². The van der Waals surface area contributed by atoms with E-state index in [2.05, 4.69) is 4.98 Å². The van der Waals surface area contributed by atoms with Gasteiger partial charge in [0.15, 0.2) is 6.10 Å². The van der Waals surface area contributed by atoms with Crippen molar-refractivity contribution in [3.05, 3.63) is 48.2 Å². The third-order valence-corrected chi connectivity index (χ3v) is 4.38. The first-order chi connectivity index (χ1) is 11.1. The van der Waals surface area contributed by atoms with Gasteiger partial charge in [0, 0.05) is 30.9 Å². The van der Waals surface area contributed by atoms with E-state index in [0.717, 1.165) is 21.7 Å². The number of carbonyl (C=O) groups excluding carboxylic acids is 2. The summed E-state index contributed by atoms with van der Waals surface area (Å²) in [6.07, 6.45) is -0.125. The number of hydrogen-bond acceptors (Lipinski definition) is 3. The molecule has 1 N–H and O–H groups in total. The zero-order chi connectivity index (χ0) is 16.0. The minimum atomic E-state index is -0.671. The molecule has 5 nitrogen and oxygen atoms in total. The van der Waals surface area contributed by atoms with E-state index >= 15 is 0 Å². The molecule has 3 aromatic rings. The molecule has 1 unspecified atom stereocenters. The average molecular weight is 308 g/mol. The molecule has 0 saturated carbocycles. The molecule has 1 fully saturated rings. The van der Waals surface area contributed by atoms with Gasteiger partial charge in [-0.05, 0) is 22.9 Å². The first-order valence-electron chi connectivity index (χ1n) is 7.60. The summed E-state index contributed by atoms with van der Waals surface area (Å²) < 4.78 is 5.36. The summed E-state index contributed by atoms with van der Waals surface area (Å²) in [6, 6.07) is 13.8. The van der Waals surface area contributed by atoms with Crippen molar-refractivity contribution in [1.82, 2.24) is 9.88 Å². The summed E-state index contributed by atoms with van der Waals surface area (Å²) in [7, 11) is 1.71. The van der Waals surface area contributed by atoms with Crippen LogP contribution in [0.25, 0.3) is 21.7 Å². The van der Waals surface area contributed by atoms with Gasteiger partial charge in [0.2, 0.25) is 0 Å². The van der Waals surface area contributed by atoms with Gasteiger partial charge in [0.25, 0.3) is 5.91 Å². The molecule has 0 spiro atoms. The molecule has 5 heteroatoms. The van der Waals surface area contributed by atoms with Gasteiger partial charge in [-0.25, -0.2) is 4.79 Å². The van der Waals surface area contributed by atoms with Crippen molar-refractivity contribution in [1.29, 1.82) is 0 Å². The Morgan fingerprint density at radius 1 is 1.22 bits per heavy atom. The topological polar surface area (TPSA) is 62.4 Å². The lowest BCUT2D eigenvalue weighted by Gasteiger charge is -2.10. The van der Waals surface area contributed by atoms with Crippen molar-refractivity contribution in [3.63, 3.8) is 0 Å². The van der Waals surface area contributed by atoms with Gasteiger partial charge >= 0.3 is 5.97 Å². The molecular formula is C18H16N2O3. The lowest BCUT2D eigenvalue weighted by atomic mass is 10.1. The number of fused-ring (bicyclic) bond motifs is 3. The molecule has 1 atom stereocenters. The molecule has 0 radical (unpaired) electrons. The van der Waals surface area contributed by atoms with E-state index in [1.165, 1.54) is 0 Å². The largest absolute Gasteiger partial charge is 0.448 e. The van der Waals surface area contributed by atoms with E-state index in [-0.39, 0.29) is 5.91 Å². The highest BCUT2D eigenvalue weighted by molar-refractivity contribution is 6.09. The smallest absolute Gasteiger partial charge is 0.355 e. The van der Waals surface area contributed by atoms with E-state index in [9.17, 15) is 9.59 Å². The number of amides is 1. The van der Waals surface area contributed by atoms with E-state index in [0.29, 0.717) is 18.7 Å². The summed E-state index contributed by atoms with van der Waals surface area (Å²) in [5, 5.41) is 3.17. The number of likely N-dealkylation sites (N-methyl/N-ethyl adjacent to an activating group) is 1. The van der Waals surface area contributed by atoms with Crippen molar-refractivity contribution in [3.8, 4) is 0 Å². The molecule has 2 heterocycles. The Bertz CT molecular complexity index is 928. The standard InChI is InChI=1S/C18H16N2O3/c1-20-9-8-16(17(20)21)23-18(22)15-10-13-12-5-3-2-4-11(12)6-7-14(13)19-15/h2-7,10,16,19H,8-9H2,1H3. The summed E-state index contributed by atoms with van der Waals surface area (Å²) in [5.74, 6) is -0.626. The van der Waals surface area contributed by atoms with E-state index in [4.69, 9.17) is 4.74 Å². The first-order valence-corrected chi connectivity index (χ1v) is 7.60. The fraction of sp³-hybridized carbons (Fsp3) is 0.222. The van der Waals surface area contributed by atoms with Crippen molar-refractivity contribution in [2.24, 2.45) is 0 Å². The first kappa shape index (κ1) is 13.8. The Morgan fingerprint density at radius 3 is 2.83 bits per heavy atom. The van der Waals surface area contributed by atoms with E-state index in [1.54, 1.807) is 18.0 Å². The maximum Gasteiger partial charge on any atom is 0.355 e. The number of benzene rings is 2. The van der Waals surface area contributed by atoms with Crippen LogP contribution in [0.5, 0.6) is 0 Å². The van der Waals surface area contributed by atoms with Crippen LogP contribution in [-0.4, -0.2) is 41.5 Å². The zero-order valence-corrected chi connectivity index (χ0v) is 12.7. The molecule has 2 aromatic carbocycles. The number of rotatable bonds is 2. The molecule has 23 heavy (non-hydrogen) atoms. The lowest BCUT2D eigenvalue weighted by molar-refractivity contribution is -0.133.